The number of hydrogen-bond acceptors (Lipinski definition) is 4. The standard InChI is InChI=1S/C21H26N4O3/c1-2-12-25-20(27)17-19(23-18(22-17)15-5-3-4-6-15)24(21(25)28)13-11-14-7-9-16(26)10-8-14/h7-10,15,26H,2-6,11-13H2,1H3,(H,22,23). The van der Waals surface area contributed by atoms with Gasteiger partial charge in [-0.15, -0.1) is 0 Å². The van der Waals surface area contributed by atoms with E-state index < -0.39 is 0 Å². The van der Waals surface area contributed by atoms with E-state index in [0.717, 1.165) is 24.2 Å². The highest BCUT2D eigenvalue weighted by molar-refractivity contribution is 5.70. The van der Waals surface area contributed by atoms with Crippen molar-refractivity contribution in [3.05, 3.63) is 56.5 Å². The molecule has 0 amide bonds. The molecule has 2 heterocycles. The first-order valence-corrected chi connectivity index (χ1v) is 10.1. The minimum atomic E-state index is -0.303. The molecule has 1 saturated carbocycles. The van der Waals surface area contributed by atoms with Crippen LogP contribution in [-0.2, 0) is 19.5 Å². The van der Waals surface area contributed by atoms with Gasteiger partial charge in [0.25, 0.3) is 5.56 Å². The fourth-order valence-electron chi connectivity index (χ4n) is 4.10. The van der Waals surface area contributed by atoms with E-state index in [2.05, 4.69) is 4.98 Å². The Hall–Kier alpha value is -2.83. The normalized spacial score (nSPS) is 14.9. The molecule has 4 rings (SSSR count). The first-order valence-electron chi connectivity index (χ1n) is 10.1. The van der Waals surface area contributed by atoms with Gasteiger partial charge in [0.2, 0.25) is 0 Å². The third-order valence-corrected chi connectivity index (χ3v) is 5.63. The van der Waals surface area contributed by atoms with Crippen molar-refractivity contribution in [2.24, 2.45) is 0 Å². The molecule has 1 aromatic carbocycles. The van der Waals surface area contributed by atoms with Crippen molar-refractivity contribution in [2.75, 3.05) is 0 Å². The highest BCUT2D eigenvalue weighted by Gasteiger charge is 2.23. The molecule has 2 aromatic heterocycles. The number of aromatic nitrogens is 4. The number of phenolic OH excluding ortho intramolecular Hbond substituents is 1. The van der Waals surface area contributed by atoms with Gasteiger partial charge in [0.15, 0.2) is 5.65 Å². The minimum absolute atomic E-state index is 0.216. The zero-order valence-corrected chi connectivity index (χ0v) is 16.1. The quantitative estimate of drug-likeness (QED) is 0.685. The molecule has 0 spiro atoms. The topological polar surface area (TPSA) is 92.9 Å². The second kappa shape index (κ2) is 7.66. The molecule has 2 N–H and O–H groups in total. The Morgan fingerprint density at radius 2 is 1.82 bits per heavy atom. The lowest BCUT2D eigenvalue weighted by atomic mass is 10.1. The number of aromatic hydroxyl groups is 1. The molecule has 0 bridgehead atoms. The van der Waals surface area contributed by atoms with Gasteiger partial charge in [0, 0.05) is 19.0 Å². The third-order valence-electron chi connectivity index (χ3n) is 5.63. The van der Waals surface area contributed by atoms with Crippen molar-refractivity contribution in [1.29, 1.82) is 0 Å². The molecule has 0 unspecified atom stereocenters. The number of aryl methyl sites for hydroxylation is 2. The number of H-pyrrole nitrogens is 1. The van der Waals surface area contributed by atoms with Crippen LogP contribution in [0.4, 0.5) is 0 Å². The maximum atomic E-state index is 13.0. The van der Waals surface area contributed by atoms with E-state index in [-0.39, 0.29) is 17.0 Å². The molecule has 1 aliphatic rings. The summed E-state index contributed by atoms with van der Waals surface area (Å²) in [6, 6.07) is 6.96. The second-order valence-electron chi connectivity index (χ2n) is 7.61. The number of nitrogens with zero attached hydrogens (tertiary/aromatic N) is 3. The van der Waals surface area contributed by atoms with Crippen LogP contribution in [0, 0.1) is 0 Å². The number of fused-ring (bicyclic) bond motifs is 1. The molecular formula is C21H26N4O3. The molecule has 1 fully saturated rings. The van der Waals surface area contributed by atoms with Crippen molar-refractivity contribution >= 4 is 11.2 Å². The van der Waals surface area contributed by atoms with Crippen molar-refractivity contribution < 1.29 is 5.11 Å². The van der Waals surface area contributed by atoms with Gasteiger partial charge in [-0.3, -0.25) is 13.9 Å². The summed E-state index contributed by atoms with van der Waals surface area (Å²) in [4.78, 5) is 33.9. The summed E-state index contributed by atoms with van der Waals surface area (Å²) in [6.07, 6.45) is 5.82. The Balaban J connectivity index is 1.78. The molecule has 148 valence electrons. The molecule has 7 heteroatoms. The van der Waals surface area contributed by atoms with Gasteiger partial charge in [-0.25, -0.2) is 9.78 Å². The second-order valence-corrected chi connectivity index (χ2v) is 7.61. The summed E-state index contributed by atoms with van der Waals surface area (Å²) in [6.45, 7) is 2.78. The Morgan fingerprint density at radius 3 is 2.50 bits per heavy atom. The van der Waals surface area contributed by atoms with Gasteiger partial charge in [0.05, 0.1) is 0 Å². The lowest BCUT2D eigenvalue weighted by Gasteiger charge is -2.11. The Bertz CT molecular complexity index is 1090. The highest BCUT2D eigenvalue weighted by atomic mass is 16.3. The van der Waals surface area contributed by atoms with Crippen LogP contribution in [0.5, 0.6) is 5.75 Å². The summed E-state index contributed by atoms with van der Waals surface area (Å²) < 4.78 is 2.93. The smallest absolute Gasteiger partial charge is 0.332 e. The van der Waals surface area contributed by atoms with Crippen LogP contribution in [0.25, 0.3) is 11.2 Å². The summed E-state index contributed by atoms with van der Waals surface area (Å²) in [7, 11) is 0. The van der Waals surface area contributed by atoms with E-state index in [1.807, 2.05) is 19.1 Å². The van der Waals surface area contributed by atoms with Crippen molar-refractivity contribution in [3.63, 3.8) is 0 Å². The predicted octanol–water partition coefficient (Wildman–Crippen LogP) is 2.90. The van der Waals surface area contributed by atoms with Gasteiger partial charge in [-0.2, -0.15) is 0 Å². The summed E-state index contributed by atoms with van der Waals surface area (Å²) >= 11 is 0. The number of hydrogen-bond donors (Lipinski definition) is 2. The Morgan fingerprint density at radius 1 is 1.11 bits per heavy atom. The van der Waals surface area contributed by atoms with Crippen LogP contribution >= 0.6 is 0 Å². The van der Waals surface area contributed by atoms with Crippen LogP contribution in [0.15, 0.2) is 33.9 Å². The van der Waals surface area contributed by atoms with Crippen LogP contribution in [0.2, 0.25) is 0 Å². The summed E-state index contributed by atoms with van der Waals surface area (Å²) in [5, 5.41) is 9.45. The van der Waals surface area contributed by atoms with Crippen molar-refractivity contribution in [2.45, 2.75) is 64.5 Å². The van der Waals surface area contributed by atoms with Gasteiger partial charge < -0.3 is 10.1 Å². The van der Waals surface area contributed by atoms with E-state index in [1.54, 1.807) is 16.7 Å². The van der Waals surface area contributed by atoms with E-state index in [4.69, 9.17) is 4.98 Å². The van der Waals surface area contributed by atoms with Gasteiger partial charge in [-0.05, 0) is 43.4 Å². The van der Waals surface area contributed by atoms with Gasteiger partial charge in [-0.1, -0.05) is 31.9 Å². The zero-order valence-electron chi connectivity index (χ0n) is 16.1. The fraction of sp³-hybridized carbons (Fsp3) is 0.476. The molecule has 0 saturated heterocycles. The largest absolute Gasteiger partial charge is 0.508 e. The lowest BCUT2D eigenvalue weighted by Crippen LogP contribution is -2.40. The van der Waals surface area contributed by atoms with Crippen molar-refractivity contribution in [3.8, 4) is 5.75 Å². The average molecular weight is 382 g/mol. The number of benzene rings is 1. The number of rotatable bonds is 6. The first kappa shape index (κ1) is 18.5. The molecule has 7 nitrogen and oxygen atoms in total. The molecular weight excluding hydrogens is 356 g/mol. The number of phenols is 1. The molecule has 28 heavy (non-hydrogen) atoms. The average Bonchev–Trinajstić information content (AvgIpc) is 3.36. The van der Waals surface area contributed by atoms with E-state index in [1.165, 1.54) is 17.4 Å². The summed E-state index contributed by atoms with van der Waals surface area (Å²) in [5.41, 5.74) is 1.32. The maximum absolute atomic E-state index is 13.0. The number of imidazole rings is 1. The number of nitrogens with one attached hydrogen (secondary N) is 1. The third kappa shape index (κ3) is 3.37. The SMILES string of the molecule is CCCn1c(=O)c2[nH]c(C3CCCC3)nc2n(CCc2ccc(O)cc2)c1=O. The van der Waals surface area contributed by atoms with Crippen LogP contribution in [0.3, 0.4) is 0 Å². The Labute approximate surface area is 162 Å². The van der Waals surface area contributed by atoms with E-state index >= 15 is 0 Å². The zero-order chi connectivity index (χ0) is 19.7. The van der Waals surface area contributed by atoms with Gasteiger partial charge in [0.1, 0.15) is 17.1 Å². The van der Waals surface area contributed by atoms with E-state index in [9.17, 15) is 14.7 Å². The molecule has 0 radical (unpaired) electrons. The van der Waals surface area contributed by atoms with Crippen LogP contribution in [0.1, 0.15) is 56.3 Å². The molecule has 3 aromatic rings. The monoisotopic (exact) mass is 382 g/mol. The van der Waals surface area contributed by atoms with Crippen molar-refractivity contribution in [1.82, 2.24) is 19.1 Å². The molecule has 0 atom stereocenters. The number of aromatic amines is 1. The van der Waals surface area contributed by atoms with E-state index in [0.29, 0.717) is 43.0 Å². The Kier molecular flexibility index (Phi) is 5.07. The summed E-state index contributed by atoms with van der Waals surface area (Å²) in [5.74, 6) is 1.39. The minimum Gasteiger partial charge on any atom is -0.508 e. The highest BCUT2D eigenvalue weighted by Crippen LogP contribution is 2.32. The van der Waals surface area contributed by atoms with Gasteiger partial charge >= 0.3 is 5.69 Å². The molecule has 0 aliphatic heterocycles. The van der Waals surface area contributed by atoms with Crippen LogP contribution < -0.4 is 11.2 Å². The molecule has 1 aliphatic carbocycles. The van der Waals surface area contributed by atoms with Crippen LogP contribution in [-0.4, -0.2) is 24.2 Å². The fourth-order valence-corrected chi connectivity index (χ4v) is 4.10. The maximum Gasteiger partial charge on any atom is 0.332 e. The first-order chi connectivity index (χ1) is 13.6. The predicted molar refractivity (Wildman–Crippen MR) is 108 cm³/mol. The lowest BCUT2D eigenvalue weighted by molar-refractivity contribution is 0.475.